The second-order valence-electron chi connectivity index (χ2n) is 7.99. The van der Waals surface area contributed by atoms with Crippen molar-refractivity contribution in [1.29, 1.82) is 0 Å². The first-order valence-electron chi connectivity index (χ1n) is 11.3. The first kappa shape index (κ1) is 23.6. The first-order valence-corrected chi connectivity index (χ1v) is 11.7. The fourth-order valence-electron chi connectivity index (χ4n) is 3.95. The smallest absolute Gasteiger partial charge is 0.255 e. The van der Waals surface area contributed by atoms with Gasteiger partial charge in [0.25, 0.3) is 5.91 Å². The van der Waals surface area contributed by atoms with Gasteiger partial charge in [-0.15, -0.1) is 0 Å². The summed E-state index contributed by atoms with van der Waals surface area (Å²) in [4.78, 5) is 17.8. The molecule has 34 heavy (non-hydrogen) atoms. The van der Waals surface area contributed by atoms with Crippen LogP contribution in [0.5, 0.6) is 11.5 Å². The number of carbonyl (C=O) groups is 1. The van der Waals surface area contributed by atoms with E-state index in [2.05, 4.69) is 16.0 Å². The summed E-state index contributed by atoms with van der Waals surface area (Å²) in [5.41, 5.74) is 2.45. The monoisotopic (exact) mass is 477 g/mol. The lowest BCUT2D eigenvalue weighted by Gasteiger charge is -2.17. The van der Waals surface area contributed by atoms with Gasteiger partial charge in [0.2, 0.25) is 0 Å². The average Bonchev–Trinajstić information content (AvgIpc) is 3.23. The van der Waals surface area contributed by atoms with Crippen LogP contribution in [0.3, 0.4) is 0 Å². The molecule has 3 aromatic carbocycles. The standard InChI is InChI=1S/C27H28ClN3O3/c1-19(29-27(32)20-11-3-7-15-24(20)33-2)26-30-22-13-5-6-14-23(22)31(26)17-9-10-18-34-25-16-8-4-12-21(25)28/h3-8,11-16,19H,9-10,17-18H2,1-2H3,(H,29,32). The number of rotatable bonds is 10. The van der Waals surface area contributed by atoms with E-state index in [4.69, 9.17) is 26.1 Å². The highest BCUT2D eigenvalue weighted by atomic mass is 35.5. The molecule has 0 bridgehead atoms. The van der Waals surface area contributed by atoms with E-state index in [0.29, 0.717) is 28.7 Å². The number of halogens is 1. The molecule has 0 saturated carbocycles. The molecule has 1 atom stereocenters. The second kappa shape index (κ2) is 11.1. The van der Waals surface area contributed by atoms with Gasteiger partial charge in [-0.25, -0.2) is 4.98 Å². The zero-order valence-corrected chi connectivity index (χ0v) is 20.1. The molecular formula is C27H28ClN3O3. The highest BCUT2D eigenvalue weighted by Crippen LogP contribution is 2.25. The van der Waals surface area contributed by atoms with Gasteiger partial charge in [-0.05, 0) is 56.2 Å². The molecule has 1 N–H and O–H groups in total. The minimum absolute atomic E-state index is 0.198. The number of aromatic nitrogens is 2. The molecular weight excluding hydrogens is 450 g/mol. The lowest BCUT2D eigenvalue weighted by Crippen LogP contribution is -2.29. The molecule has 1 aromatic heterocycles. The summed E-state index contributed by atoms with van der Waals surface area (Å²) in [6.45, 7) is 3.29. The third kappa shape index (κ3) is 5.34. The van der Waals surface area contributed by atoms with Crippen LogP contribution < -0.4 is 14.8 Å². The van der Waals surface area contributed by atoms with Crippen molar-refractivity contribution in [2.45, 2.75) is 32.4 Å². The number of para-hydroxylation sites is 4. The molecule has 0 fully saturated rings. The summed E-state index contributed by atoms with van der Waals surface area (Å²) in [7, 11) is 1.56. The first-order chi connectivity index (χ1) is 16.6. The number of unbranched alkanes of at least 4 members (excludes halogenated alkanes) is 1. The topological polar surface area (TPSA) is 65.4 Å². The summed E-state index contributed by atoms with van der Waals surface area (Å²) in [5, 5.41) is 3.69. The molecule has 0 saturated heterocycles. The second-order valence-corrected chi connectivity index (χ2v) is 8.40. The Morgan fingerprint density at radius 3 is 2.50 bits per heavy atom. The van der Waals surface area contributed by atoms with Crippen molar-refractivity contribution in [3.8, 4) is 11.5 Å². The van der Waals surface area contributed by atoms with Gasteiger partial charge in [-0.3, -0.25) is 4.79 Å². The van der Waals surface area contributed by atoms with E-state index in [9.17, 15) is 4.79 Å². The van der Waals surface area contributed by atoms with Gasteiger partial charge in [-0.2, -0.15) is 0 Å². The molecule has 0 radical (unpaired) electrons. The Morgan fingerprint density at radius 1 is 1.00 bits per heavy atom. The number of benzene rings is 3. The lowest BCUT2D eigenvalue weighted by molar-refractivity contribution is 0.0934. The number of aryl methyl sites for hydroxylation is 1. The summed E-state index contributed by atoms with van der Waals surface area (Å²) in [6.07, 6.45) is 1.75. The zero-order chi connectivity index (χ0) is 23.9. The zero-order valence-electron chi connectivity index (χ0n) is 19.3. The van der Waals surface area contributed by atoms with Crippen LogP contribution in [0.4, 0.5) is 0 Å². The largest absolute Gasteiger partial charge is 0.496 e. The molecule has 1 amide bonds. The fraction of sp³-hybridized carbons (Fsp3) is 0.259. The highest BCUT2D eigenvalue weighted by Gasteiger charge is 2.20. The Hall–Kier alpha value is -3.51. The summed E-state index contributed by atoms with van der Waals surface area (Å²) in [5.74, 6) is 1.86. The molecule has 4 rings (SSSR count). The SMILES string of the molecule is COc1ccccc1C(=O)NC(C)c1nc2ccccc2n1CCCCOc1ccccc1Cl. The van der Waals surface area contributed by atoms with E-state index < -0.39 is 0 Å². The number of methoxy groups -OCH3 is 1. The number of imidazole rings is 1. The molecule has 0 aliphatic carbocycles. The Labute approximate surface area is 204 Å². The molecule has 1 heterocycles. The van der Waals surface area contributed by atoms with Gasteiger partial charge in [0.05, 0.1) is 41.4 Å². The normalized spacial score (nSPS) is 11.9. The molecule has 1 unspecified atom stereocenters. The van der Waals surface area contributed by atoms with Gasteiger partial charge in [-0.1, -0.05) is 48.0 Å². The maximum atomic E-state index is 12.9. The van der Waals surface area contributed by atoms with E-state index in [0.717, 1.165) is 36.2 Å². The van der Waals surface area contributed by atoms with Crippen molar-refractivity contribution in [3.63, 3.8) is 0 Å². The molecule has 4 aromatic rings. The number of hydrogen-bond acceptors (Lipinski definition) is 4. The molecule has 0 aliphatic heterocycles. The Kier molecular flexibility index (Phi) is 7.70. The number of hydrogen-bond donors (Lipinski definition) is 1. The van der Waals surface area contributed by atoms with E-state index >= 15 is 0 Å². The fourth-order valence-corrected chi connectivity index (χ4v) is 4.14. The Bertz CT molecular complexity index is 1270. The number of nitrogens with one attached hydrogen (secondary N) is 1. The number of carbonyl (C=O) groups excluding carboxylic acids is 1. The predicted molar refractivity (Wildman–Crippen MR) is 135 cm³/mol. The summed E-state index contributed by atoms with van der Waals surface area (Å²) >= 11 is 6.16. The van der Waals surface area contributed by atoms with E-state index in [1.54, 1.807) is 19.2 Å². The molecule has 176 valence electrons. The minimum atomic E-state index is -0.288. The van der Waals surface area contributed by atoms with Gasteiger partial charge in [0, 0.05) is 6.54 Å². The predicted octanol–water partition coefficient (Wildman–Crippen LogP) is 6.05. The van der Waals surface area contributed by atoms with Gasteiger partial charge >= 0.3 is 0 Å². The van der Waals surface area contributed by atoms with Crippen molar-refractivity contribution < 1.29 is 14.3 Å². The van der Waals surface area contributed by atoms with E-state index in [-0.39, 0.29) is 11.9 Å². The van der Waals surface area contributed by atoms with Crippen molar-refractivity contribution in [2.24, 2.45) is 0 Å². The number of amides is 1. The third-order valence-electron chi connectivity index (χ3n) is 5.64. The molecule has 0 aliphatic rings. The third-order valence-corrected chi connectivity index (χ3v) is 5.95. The van der Waals surface area contributed by atoms with Gasteiger partial charge in [0.15, 0.2) is 0 Å². The van der Waals surface area contributed by atoms with Gasteiger partial charge < -0.3 is 19.4 Å². The van der Waals surface area contributed by atoms with Crippen LogP contribution in [0.15, 0.2) is 72.8 Å². The van der Waals surface area contributed by atoms with E-state index in [1.165, 1.54) is 0 Å². The van der Waals surface area contributed by atoms with Crippen LogP contribution in [0, 0.1) is 0 Å². The average molecular weight is 478 g/mol. The number of ether oxygens (including phenoxy) is 2. The minimum Gasteiger partial charge on any atom is -0.496 e. The van der Waals surface area contributed by atoms with Gasteiger partial charge in [0.1, 0.15) is 17.3 Å². The van der Waals surface area contributed by atoms with Crippen molar-refractivity contribution >= 4 is 28.5 Å². The quantitative estimate of drug-likeness (QED) is 0.282. The Balaban J connectivity index is 1.45. The van der Waals surface area contributed by atoms with Crippen molar-refractivity contribution in [3.05, 3.63) is 89.2 Å². The van der Waals surface area contributed by atoms with Crippen LogP contribution in [0.25, 0.3) is 11.0 Å². The van der Waals surface area contributed by atoms with E-state index in [1.807, 2.05) is 61.5 Å². The molecule has 0 spiro atoms. The maximum absolute atomic E-state index is 12.9. The van der Waals surface area contributed by atoms with Crippen LogP contribution in [-0.4, -0.2) is 29.2 Å². The van der Waals surface area contributed by atoms with Crippen LogP contribution in [0.1, 0.15) is 42.0 Å². The lowest BCUT2D eigenvalue weighted by atomic mass is 10.1. The van der Waals surface area contributed by atoms with Crippen LogP contribution in [0.2, 0.25) is 5.02 Å². The molecule has 6 nitrogen and oxygen atoms in total. The van der Waals surface area contributed by atoms with Crippen molar-refractivity contribution in [2.75, 3.05) is 13.7 Å². The van der Waals surface area contributed by atoms with Crippen LogP contribution >= 0.6 is 11.6 Å². The molecule has 7 heteroatoms. The van der Waals surface area contributed by atoms with Crippen molar-refractivity contribution in [1.82, 2.24) is 14.9 Å². The number of fused-ring (bicyclic) bond motifs is 1. The highest BCUT2D eigenvalue weighted by molar-refractivity contribution is 6.32. The Morgan fingerprint density at radius 2 is 1.71 bits per heavy atom. The number of nitrogens with zero attached hydrogens (tertiary/aromatic N) is 2. The van der Waals surface area contributed by atoms with Crippen LogP contribution in [-0.2, 0) is 6.54 Å². The maximum Gasteiger partial charge on any atom is 0.255 e. The summed E-state index contributed by atoms with van der Waals surface area (Å²) < 4.78 is 13.3. The summed E-state index contributed by atoms with van der Waals surface area (Å²) in [6, 6.07) is 22.4.